The quantitative estimate of drug-likeness (QED) is 0.769. The van der Waals surface area contributed by atoms with E-state index < -0.39 is 0 Å². The van der Waals surface area contributed by atoms with Crippen LogP contribution in [0.25, 0.3) is 0 Å². The number of nitrogens with one attached hydrogen (secondary N) is 1. The summed E-state index contributed by atoms with van der Waals surface area (Å²) in [5.41, 5.74) is 0. The maximum absolute atomic E-state index is 12.2. The summed E-state index contributed by atoms with van der Waals surface area (Å²) >= 11 is 0. The zero-order valence-electron chi connectivity index (χ0n) is 10.4. The van der Waals surface area contributed by atoms with Crippen molar-refractivity contribution in [2.75, 3.05) is 19.6 Å². The second-order valence-corrected chi connectivity index (χ2v) is 4.90. The molecule has 1 N–H and O–H groups in total. The normalized spacial score (nSPS) is 26.1. The number of hydrogen-bond acceptors (Lipinski definition) is 2. The number of nitrogens with zero attached hydrogens (tertiary/aromatic N) is 1. The predicted octanol–water partition coefficient (Wildman–Crippen LogP) is 1.97. The summed E-state index contributed by atoms with van der Waals surface area (Å²) in [6.07, 6.45) is 7.61. The van der Waals surface area contributed by atoms with Crippen molar-refractivity contribution in [3.05, 3.63) is 12.7 Å². The van der Waals surface area contributed by atoms with Crippen molar-refractivity contribution in [2.24, 2.45) is 5.92 Å². The number of carbonyl (C=O) groups is 1. The van der Waals surface area contributed by atoms with Crippen LogP contribution in [-0.4, -0.2) is 36.5 Å². The number of piperidine rings is 2. The van der Waals surface area contributed by atoms with Crippen LogP contribution in [0.5, 0.6) is 0 Å². The largest absolute Gasteiger partial charge is 0.341 e. The van der Waals surface area contributed by atoms with Crippen molar-refractivity contribution in [2.45, 2.75) is 38.1 Å². The highest BCUT2D eigenvalue weighted by Gasteiger charge is 2.27. The van der Waals surface area contributed by atoms with Crippen LogP contribution < -0.4 is 5.32 Å². The molecule has 1 amide bonds. The number of halogens is 1. The van der Waals surface area contributed by atoms with Gasteiger partial charge in [0, 0.05) is 13.1 Å². The molecule has 0 radical (unpaired) electrons. The van der Waals surface area contributed by atoms with Gasteiger partial charge in [-0.1, -0.05) is 12.5 Å². The van der Waals surface area contributed by atoms with Gasteiger partial charge in [-0.25, -0.2) is 0 Å². The van der Waals surface area contributed by atoms with Gasteiger partial charge in [0.05, 0.1) is 6.04 Å². The molecule has 98 valence electrons. The highest BCUT2D eigenvalue weighted by atomic mass is 35.5. The molecule has 2 heterocycles. The van der Waals surface area contributed by atoms with Crippen LogP contribution in [-0.2, 0) is 4.79 Å². The van der Waals surface area contributed by atoms with Crippen LogP contribution >= 0.6 is 12.4 Å². The number of likely N-dealkylation sites (tertiary alicyclic amines) is 1. The van der Waals surface area contributed by atoms with Crippen LogP contribution in [0.15, 0.2) is 12.7 Å². The van der Waals surface area contributed by atoms with Gasteiger partial charge in [0.1, 0.15) is 0 Å². The van der Waals surface area contributed by atoms with Crippen LogP contribution in [0.2, 0.25) is 0 Å². The zero-order chi connectivity index (χ0) is 11.4. The van der Waals surface area contributed by atoms with E-state index in [0.717, 1.165) is 38.9 Å². The Balaban J connectivity index is 0.00000144. The summed E-state index contributed by atoms with van der Waals surface area (Å²) in [7, 11) is 0. The molecule has 2 saturated heterocycles. The van der Waals surface area contributed by atoms with Gasteiger partial charge in [-0.2, -0.15) is 0 Å². The van der Waals surface area contributed by atoms with E-state index in [1.807, 2.05) is 11.0 Å². The summed E-state index contributed by atoms with van der Waals surface area (Å²) in [4.78, 5) is 14.2. The molecule has 3 nitrogen and oxygen atoms in total. The average Bonchev–Trinajstić information content (AvgIpc) is 2.39. The molecule has 0 bridgehead atoms. The van der Waals surface area contributed by atoms with Gasteiger partial charge in [-0.15, -0.1) is 19.0 Å². The first-order valence-corrected chi connectivity index (χ1v) is 6.46. The summed E-state index contributed by atoms with van der Waals surface area (Å²) in [6, 6.07) is 0.0917. The molecule has 2 rings (SSSR count). The Morgan fingerprint density at radius 3 is 2.47 bits per heavy atom. The van der Waals surface area contributed by atoms with E-state index in [1.165, 1.54) is 12.8 Å². The molecule has 0 aliphatic carbocycles. The zero-order valence-corrected chi connectivity index (χ0v) is 11.2. The van der Waals surface area contributed by atoms with Crippen LogP contribution in [0.3, 0.4) is 0 Å². The molecule has 0 aromatic rings. The van der Waals surface area contributed by atoms with Crippen molar-refractivity contribution in [3.63, 3.8) is 0 Å². The summed E-state index contributed by atoms with van der Waals surface area (Å²) in [5, 5.41) is 3.33. The monoisotopic (exact) mass is 258 g/mol. The van der Waals surface area contributed by atoms with Crippen molar-refractivity contribution in [1.29, 1.82) is 0 Å². The minimum Gasteiger partial charge on any atom is -0.341 e. The number of carbonyl (C=O) groups excluding carboxylic acids is 1. The molecule has 17 heavy (non-hydrogen) atoms. The van der Waals surface area contributed by atoms with Crippen molar-refractivity contribution in [1.82, 2.24) is 10.2 Å². The minimum absolute atomic E-state index is 0. The molecule has 0 aromatic heterocycles. The molecule has 0 aromatic carbocycles. The smallest absolute Gasteiger partial charge is 0.239 e. The summed E-state index contributed by atoms with van der Waals surface area (Å²) in [6.45, 7) is 6.65. The molecule has 4 heteroatoms. The van der Waals surface area contributed by atoms with Gasteiger partial charge >= 0.3 is 0 Å². The lowest BCUT2D eigenvalue weighted by molar-refractivity contribution is -0.135. The van der Waals surface area contributed by atoms with E-state index in [1.54, 1.807) is 0 Å². The Morgan fingerprint density at radius 1 is 1.24 bits per heavy atom. The molecule has 0 spiro atoms. The second kappa shape index (κ2) is 7.02. The lowest BCUT2D eigenvalue weighted by Crippen LogP contribution is -2.50. The van der Waals surface area contributed by atoms with Gasteiger partial charge in [0.25, 0.3) is 0 Å². The lowest BCUT2D eigenvalue weighted by atomic mass is 9.95. The third-order valence-electron chi connectivity index (χ3n) is 3.79. The first-order chi connectivity index (χ1) is 7.81. The molecule has 2 aliphatic heterocycles. The minimum atomic E-state index is 0. The van der Waals surface area contributed by atoms with Crippen molar-refractivity contribution >= 4 is 18.3 Å². The van der Waals surface area contributed by atoms with Crippen molar-refractivity contribution in [3.8, 4) is 0 Å². The van der Waals surface area contributed by atoms with E-state index in [2.05, 4.69) is 11.9 Å². The van der Waals surface area contributed by atoms with Crippen molar-refractivity contribution < 1.29 is 4.79 Å². The Hall–Kier alpha value is -0.540. The fourth-order valence-corrected chi connectivity index (χ4v) is 2.64. The molecular formula is C13H23ClN2O. The van der Waals surface area contributed by atoms with Gasteiger partial charge < -0.3 is 10.2 Å². The van der Waals surface area contributed by atoms with E-state index in [-0.39, 0.29) is 18.4 Å². The summed E-state index contributed by atoms with van der Waals surface area (Å²) in [5.74, 6) is 0.936. The molecule has 1 atom stereocenters. The molecule has 1 unspecified atom stereocenters. The third kappa shape index (κ3) is 3.71. The topological polar surface area (TPSA) is 32.3 Å². The fourth-order valence-electron chi connectivity index (χ4n) is 2.64. The Morgan fingerprint density at radius 2 is 1.94 bits per heavy atom. The first-order valence-electron chi connectivity index (χ1n) is 6.46. The maximum Gasteiger partial charge on any atom is 0.239 e. The number of rotatable bonds is 2. The Bertz CT molecular complexity index is 256. The standard InChI is InChI=1S/C13H22N2O.ClH/c1-2-11-6-9-15(10-7-11)13(16)12-5-3-4-8-14-12;/h2,11-12,14H,1,3-10H2;1H. The van der Waals surface area contributed by atoms with E-state index in [9.17, 15) is 4.79 Å². The number of hydrogen-bond donors (Lipinski definition) is 1. The van der Waals surface area contributed by atoms with Crippen LogP contribution in [0.4, 0.5) is 0 Å². The van der Waals surface area contributed by atoms with E-state index in [4.69, 9.17) is 0 Å². The predicted molar refractivity (Wildman–Crippen MR) is 72.4 cm³/mol. The Labute approximate surface area is 110 Å². The highest BCUT2D eigenvalue weighted by Crippen LogP contribution is 2.19. The molecular weight excluding hydrogens is 236 g/mol. The van der Waals surface area contributed by atoms with Gasteiger partial charge in [0.2, 0.25) is 5.91 Å². The van der Waals surface area contributed by atoms with Gasteiger partial charge in [-0.3, -0.25) is 4.79 Å². The first kappa shape index (κ1) is 14.5. The Kier molecular flexibility index (Phi) is 6.00. The number of allylic oxidation sites excluding steroid dienone is 1. The van der Waals surface area contributed by atoms with Gasteiger partial charge in [0.15, 0.2) is 0 Å². The number of amides is 1. The SMILES string of the molecule is C=CC1CCN(C(=O)C2CCCCN2)CC1.Cl. The molecule has 2 fully saturated rings. The average molecular weight is 259 g/mol. The maximum atomic E-state index is 12.2. The van der Waals surface area contributed by atoms with Gasteiger partial charge in [-0.05, 0) is 38.1 Å². The van der Waals surface area contributed by atoms with E-state index in [0.29, 0.717) is 11.8 Å². The van der Waals surface area contributed by atoms with E-state index >= 15 is 0 Å². The molecule has 0 saturated carbocycles. The lowest BCUT2D eigenvalue weighted by Gasteiger charge is -2.34. The van der Waals surface area contributed by atoms with Crippen LogP contribution in [0.1, 0.15) is 32.1 Å². The third-order valence-corrected chi connectivity index (χ3v) is 3.79. The second-order valence-electron chi connectivity index (χ2n) is 4.90. The molecule has 2 aliphatic rings. The van der Waals surface area contributed by atoms with Crippen LogP contribution in [0, 0.1) is 5.92 Å². The summed E-state index contributed by atoms with van der Waals surface area (Å²) < 4.78 is 0. The fraction of sp³-hybridized carbons (Fsp3) is 0.769. The highest BCUT2D eigenvalue weighted by molar-refractivity contribution is 5.85.